The Labute approximate surface area is 473 Å². The number of nitrogens with one attached hydrogen (secondary N) is 1. The number of aliphatic hydroxyl groups is 3. The lowest BCUT2D eigenvalue weighted by Gasteiger charge is -2.44. The second kappa shape index (κ2) is 22.8. The number of nitrogens with zero attached hydrogens (tertiary/aromatic N) is 4. The van der Waals surface area contributed by atoms with E-state index >= 15 is 14.0 Å². The second-order valence-electron chi connectivity index (χ2n) is 22.6. The number of aliphatic hydroxyl groups excluding tert-OH is 3. The van der Waals surface area contributed by atoms with Gasteiger partial charge in [0.05, 0.1) is 68.4 Å². The molecule has 3 fully saturated rings. The predicted molar refractivity (Wildman–Crippen MR) is 300 cm³/mol. The number of ketones is 3. The Balaban J connectivity index is 1.02. The molecule has 0 unspecified atom stereocenters. The molecule has 9 atom stereocenters. The van der Waals surface area contributed by atoms with E-state index in [1.54, 1.807) is 44.7 Å². The minimum absolute atomic E-state index is 0.0155. The van der Waals surface area contributed by atoms with Crippen LogP contribution < -0.4 is 20.4 Å². The number of anilines is 1. The number of fused-ring (bicyclic) bond motifs is 15. The number of amides is 1. The number of piperazine rings is 1. The molecule has 434 valence electrons. The highest BCUT2D eigenvalue weighted by atomic mass is 35.5. The van der Waals surface area contributed by atoms with Crippen LogP contribution in [0.2, 0.25) is 5.02 Å². The second-order valence-corrected chi connectivity index (χ2v) is 23.0. The molecule has 1 amide bonds. The van der Waals surface area contributed by atoms with Crippen LogP contribution in [0.3, 0.4) is 0 Å². The van der Waals surface area contributed by atoms with Crippen LogP contribution in [-0.2, 0) is 23.8 Å². The van der Waals surface area contributed by atoms with Gasteiger partial charge in [-0.2, -0.15) is 0 Å². The zero-order valence-corrected chi connectivity index (χ0v) is 47.8. The number of piperidine rings is 1. The molecule has 1 saturated carbocycles. The summed E-state index contributed by atoms with van der Waals surface area (Å²) in [4.78, 5) is 91.2. The molecule has 3 aromatic rings. The molecule has 81 heavy (non-hydrogen) atoms. The summed E-state index contributed by atoms with van der Waals surface area (Å²) in [6.07, 6.45) is 7.41. The Morgan fingerprint density at radius 2 is 1.54 bits per heavy atom. The molecule has 2 aliphatic carbocycles. The molecule has 7 aliphatic rings. The van der Waals surface area contributed by atoms with Crippen LogP contribution in [0.1, 0.15) is 122 Å². The first-order valence-corrected chi connectivity index (χ1v) is 27.9. The summed E-state index contributed by atoms with van der Waals surface area (Å²) < 4.78 is 41.8. The van der Waals surface area contributed by atoms with Gasteiger partial charge in [-0.05, 0) is 51.7 Å². The third-order valence-electron chi connectivity index (χ3n) is 17.3. The van der Waals surface area contributed by atoms with Crippen LogP contribution in [-0.4, -0.2) is 147 Å². The van der Waals surface area contributed by atoms with Crippen molar-refractivity contribution in [2.45, 2.75) is 123 Å². The summed E-state index contributed by atoms with van der Waals surface area (Å²) >= 11 is 7.03. The van der Waals surface area contributed by atoms with Crippen molar-refractivity contribution in [3.8, 4) is 11.5 Å². The number of pyridine rings is 1. The number of rotatable bonds is 7. The molecule has 6 heterocycles. The molecule has 21 heteroatoms. The molecular formula is C60H71ClFN5O14. The summed E-state index contributed by atoms with van der Waals surface area (Å²) in [5, 5.41) is 48.1. The van der Waals surface area contributed by atoms with Crippen LogP contribution in [0.4, 0.5) is 10.1 Å². The molecule has 10 rings (SSSR count). The van der Waals surface area contributed by atoms with Crippen LogP contribution in [0, 0.1) is 36.4 Å². The average molecular weight is 1140 g/mol. The first-order chi connectivity index (χ1) is 38.3. The van der Waals surface area contributed by atoms with Crippen LogP contribution in [0.15, 0.2) is 71.2 Å². The third-order valence-corrected chi connectivity index (χ3v) is 17.7. The number of carbonyl (C=O) groups is 5. The summed E-state index contributed by atoms with van der Waals surface area (Å²) in [6, 6.07) is 1.19. The fourth-order valence-electron chi connectivity index (χ4n) is 12.3. The molecule has 2 saturated heterocycles. The minimum atomic E-state index is -2.15. The fourth-order valence-corrected chi connectivity index (χ4v) is 12.7. The number of phenolic OH excluding ortho intramolecular Hbond substituents is 1. The van der Waals surface area contributed by atoms with Crippen molar-refractivity contribution in [3.05, 3.63) is 115 Å². The topological polar surface area (TPSA) is 247 Å². The molecule has 5 aliphatic heterocycles. The number of Topliss-reactive ketones (excluding diaryl/α,β-unsaturated/α-hetero) is 3. The van der Waals surface area contributed by atoms with E-state index in [0.717, 1.165) is 12.8 Å². The van der Waals surface area contributed by atoms with Crippen molar-refractivity contribution in [1.29, 1.82) is 0 Å². The number of hydrogen-bond acceptors (Lipinski definition) is 17. The lowest BCUT2D eigenvalue weighted by atomic mass is 9.78. The zero-order valence-electron chi connectivity index (χ0n) is 47.0. The third kappa shape index (κ3) is 10.7. The molecule has 5 N–H and O–H groups in total. The lowest BCUT2D eigenvalue weighted by Crippen LogP contribution is -2.54. The van der Waals surface area contributed by atoms with Gasteiger partial charge in [0, 0.05) is 113 Å². The summed E-state index contributed by atoms with van der Waals surface area (Å²) in [7, 11) is 1.42. The van der Waals surface area contributed by atoms with Crippen LogP contribution in [0.5, 0.6) is 11.5 Å². The number of benzene rings is 2. The van der Waals surface area contributed by atoms with Gasteiger partial charge in [0.15, 0.2) is 5.43 Å². The smallest absolute Gasteiger partial charge is 0.312 e. The number of aromatic nitrogens is 1. The number of ether oxygens (including phenoxy) is 4. The first kappa shape index (κ1) is 58.8. The Bertz CT molecular complexity index is 3310. The summed E-state index contributed by atoms with van der Waals surface area (Å²) in [6.45, 7) is 18.1. The Hall–Kier alpha value is -6.84. The molecule has 5 bridgehead atoms. The molecule has 1 aromatic heterocycles. The number of phenols is 1. The number of esters is 1. The van der Waals surface area contributed by atoms with Gasteiger partial charge in [0.2, 0.25) is 11.6 Å². The van der Waals surface area contributed by atoms with Gasteiger partial charge in [-0.25, -0.2) is 4.39 Å². The minimum Gasteiger partial charge on any atom is -0.508 e. The van der Waals surface area contributed by atoms with E-state index in [0.29, 0.717) is 44.5 Å². The number of methoxy groups -OCH3 is 1. The monoisotopic (exact) mass is 1140 g/mol. The van der Waals surface area contributed by atoms with Gasteiger partial charge in [0.1, 0.15) is 40.6 Å². The van der Waals surface area contributed by atoms with E-state index in [-0.39, 0.29) is 75.0 Å². The van der Waals surface area contributed by atoms with Gasteiger partial charge < -0.3 is 59.1 Å². The highest BCUT2D eigenvalue weighted by Crippen LogP contribution is 2.50. The van der Waals surface area contributed by atoms with E-state index in [1.165, 1.54) is 65.5 Å². The maximum absolute atomic E-state index is 16.2. The quantitative estimate of drug-likeness (QED) is 0.116. The van der Waals surface area contributed by atoms with Crippen molar-refractivity contribution in [3.63, 3.8) is 0 Å². The van der Waals surface area contributed by atoms with Crippen molar-refractivity contribution in [2.24, 2.45) is 23.7 Å². The normalized spacial score (nSPS) is 29.7. The van der Waals surface area contributed by atoms with E-state index in [2.05, 4.69) is 16.8 Å². The number of hydrogen-bond donors (Lipinski definition) is 5. The number of allylic oxidation sites excluding steroid dienone is 4. The number of halogens is 2. The van der Waals surface area contributed by atoms with Gasteiger partial charge in [-0.3, -0.25) is 33.7 Å². The van der Waals surface area contributed by atoms with Gasteiger partial charge in [-0.1, -0.05) is 64.1 Å². The molecule has 0 radical (unpaired) electrons. The summed E-state index contributed by atoms with van der Waals surface area (Å²) in [5.41, 5.74) is -1.71. The highest BCUT2D eigenvalue weighted by molar-refractivity contribution is 6.38. The molecule has 0 spiro atoms. The molecular weight excluding hydrogens is 1070 g/mol. The van der Waals surface area contributed by atoms with E-state index in [1.807, 2.05) is 9.47 Å². The Morgan fingerprint density at radius 1 is 0.877 bits per heavy atom. The SMILES string of the molecule is C=C(O)c1cn(C2CC2)c2c(Cl)c(N3CCN(C4CCN(C5=C6NC(=O)/C(C)=C\C=C\[C@H](C)[C@H](O)[C@@H](C)[C@@H](O)[C@@H](C)[C@H](OC(C)=O)[C@H](C)[C@@H](OC)/C=C/O[C@@]7(C)Oc8c(C)c(O)c(c(c8C7=O)C5=O)C6=O)CC4)CC3)c(F)cc2c1=O. The zero-order chi connectivity index (χ0) is 58.8. The number of carbonyl (C=O) groups excluding carboxylic acids is 5. The van der Waals surface area contributed by atoms with Crippen molar-refractivity contribution in [2.75, 3.05) is 51.3 Å². The predicted octanol–water partition coefficient (Wildman–Crippen LogP) is 7.22. The lowest BCUT2D eigenvalue weighted by molar-refractivity contribution is -0.160. The number of aromatic hydroxyl groups is 1. The van der Waals surface area contributed by atoms with E-state index < -0.39 is 123 Å². The molecule has 19 nitrogen and oxygen atoms in total. The maximum atomic E-state index is 16.2. The Morgan fingerprint density at radius 3 is 2.16 bits per heavy atom. The van der Waals surface area contributed by atoms with Crippen molar-refractivity contribution in [1.82, 2.24) is 19.7 Å². The van der Waals surface area contributed by atoms with Crippen LogP contribution in [0.25, 0.3) is 16.7 Å². The van der Waals surface area contributed by atoms with Gasteiger partial charge in [0.25, 0.3) is 11.7 Å². The van der Waals surface area contributed by atoms with Crippen molar-refractivity contribution < 1.29 is 67.7 Å². The van der Waals surface area contributed by atoms with Crippen molar-refractivity contribution >= 4 is 63.2 Å². The summed E-state index contributed by atoms with van der Waals surface area (Å²) in [5.74, 6) is -10.7. The standard InChI is InChI=1S/C60H71ClFN5O14/c1-28-12-11-13-29(2)59(77)63-46-49(65-19-16-36(17-20-65)64-21-23-66(24-22-64)48-40(62)26-38-47(45(48)61)67(37-14-15-37)27-39(34(7)68)53(38)73)55(75)42-43(54(46)74)52(72)33(6)57-44(42)58(76)60(9,81-57)79-25-18-41(78-10)30(3)56(80-35(8)69)32(5)51(71)31(4)50(28)70/h11-13,18,25-28,30-32,36-37,41,50-51,56,68,70-72H,7,14-17,19-24H2,1-6,8-10H3,(H,63,77)/b12-11+,25-18+,29-13-/t28-,30+,31+,32+,41-,50-,51+,56+,60-/m0/s1. The van der Waals surface area contributed by atoms with Crippen LogP contribution >= 0.6 is 11.6 Å². The molecule has 2 aromatic carbocycles. The largest absolute Gasteiger partial charge is 0.508 e. The highest BCUT2D eigenvalue weighted by Gasteiger charge is 2.53. The van der Waals surface area contributed by atoms with Gasteiger partial charge >= 0.3 is 11.8 Å². The maximum Gasteiger partial charge on any atom is 0.312 e. The Kier molecular flexibility index (Phi) is 16.6. The van der Waals surface area contributed by atoms with Gasteiger partial charge in [-0.15, -0.1) is 0 Å². The average Bonchev–Trinajstić information content (AvgIpc) is 3.33. The first-order valence-electron chi connectivity index (χ1n) is 27.5. The fraction of sp³-hybridized carbons (Fsp3) is 0.500. The number of likely N-dealkylation sites (tertiary alicyclic amines) is 1. The van der Waals surface area contributed by atoms with E-state index in [9.17, 15) is 39.6 Å². The van der Waals surface area contributed by atoms with E-state index in [4.69, 9.17) is 30.5 Å².